The first kappa shape index (κ1) is 15.3. The minimum absolute atomic E-state index is 0.556. The first-order valence-electron chi connectivity index (χ1n) is 7.17. The molecule has 1 aromatic carbocycles. The number of benzene rings is 1. The highest BCUT2D eigenvalue weighted by Crippen LogP contribution is 2.18. The number of nitrogens with zero attached hydrogens (tertiary/aromatic N) is 4. The molecule has 2 rings (SSSR count). The van der Waals surface area contributed by atoms with Crippen molar-refractivity contribution in [1.82, 2.24) is 9.97 Å². The van der Waals surface area contributed by atoms with Gasteiger partial charge in [-0.3, -0.25) is 0 Å². The Labute approximate surface area is 126 Å². The largest absolute Gasteiger partial charge is 0.352 e. The highest BCUT2D eigenvalue weighted by Gasteiger charge is 2.10. The number of hydrogen-bond acceptors (Lipinski definition) is 5. The lowest BCUT2D eigenvalue weighted by Crippen LogP contribution is -2.25. The third-order valence-electron chi connectivity index (χ3n) is 3.43. The summed E-state index contributed by atoms with van der Waals surface area (Å²) in [6, 6.07) is 10.2. The topological polar surface area (TPSA) is 58.3 Å². The van der Waals surface area contributed by atoms with E-state index >= 15 is 0 Å². The van der Waals surface area contributed by atoms with E-state index in [9.17, 15) is 0 Å². The van der Waals surface area contributed by atoms with Crippen molar-refractivity contribution in [1.29, 1.82) is 0 Å². The van der Waals surface area contributed by atoms with Crippen molar-refractivity contribution in [3.8, 4) is 0 Å². The molecule has 0 spiro atoms. The van der Waals surface area contributed by atoms with Gasteiger partial charge in [-0.05, 0) is 24.1 Å². The van der Waals surface area contributed by atoms with Crippen molar-refractivity contribution in [3.63, 3.8) is 0 Å². The highest BCUT2D eigenvalue weighted by molar-refractivity contribution is 5.44. The maximum atomic E-state index is 5.82. The van der Waals surface area contributed by atoms with Crippen LogP contribution in [0, 0.1) is 0 Å². The Hall–Kier alpha value is -2.14. The smallest absolute Gasteiger partial charge is 0.226 e. The molecule has 0 atom stereocenters. The fraction of sp³-hybridized carbons (Fsp3) is 0.375. The second-order valence-electron chi connectivity index (χ2n) is 5.10. The van der Waals surface area contributed by atoms with E-state index in [0.717, 1.165) is 24.9 Å². The summed E-state index contributed by atoms with van der Waals surface area (Å²) in [7, 11) is 3.89. The third kappa shape index (κ3) is 3.70. The second kappa shape index (κ2) is 7.04. The van der Waals surface area contributed by atoms with Crippen LogP contribution in [0.25, 0.3) is 0 Å². The van der Waals surface area contributed by atoms with E-state index in [1.54, 1.807) is 6.20 Å². The summed E-state index contributed by atoms with van der Waals surface area (Å²) in [6.45, 7) is 4.36. The van der Waals surface area contributed by atoms with E-state index in [1.165, 1.54) is 11.1 Å². The molecule has 2 aromatic rings. The Kier molecular flexibility index (Phi) is 5.11. The standard InChI is InChI=1S/C16H23N5/c1-4-21(12-14-8-6-5-7-13(14)11-17)15-9-10-18-16(19-15)20(2)3/h5-10H,4,11-12,17H2,1-3H3. The van der Waals surface area contributed by atoms with E-state index in [1.807, 2.05) is 37.2 Å². The Bertz CT molecular complexity index is 582. The van der Waals surface area contributed by atoms with Crippen LogP contribution in [0.1, 0.15) is 18.1 Å². The first-order chi connectivity index (χ1) is 10.2. The maximum absolute atomic E-state index is 5.82. The highest BCUT2D eigenvalue weighted by atomic mass is 15.3. The van der Waals surface area contributed by atoms with Gasteiger partial charge in [0.2, 0.25) is 5.95 Å². The minimum atomic E-state index is 0.556. The Morgan fingerprint density at radius 1 is 1.10 bits per heavy atom. The lowest BCUT2D eigenvalue weighted by atomic mass is 10.1. The van der Waals surface area contributed by atoms with Gasteiger partial charge < -0.3 is 15.5 Å². The lowest BCUT2D eigenvalue weighted by molar-refractivity contribution is 0.797. The fourth-order valence-electron chi connectivity index (χ4n) is 2.20. The number of anilines is 2. The van der Waals surface area contributed by atoms with Gasteiger partial charge in [0.25, 0.3) is 0 Å². The predicted molar refractivity (Wildman–Crippen MR) is 87.4 cm³/mol. The molecular formula is C16H23N5. The summed E-state index contributed by atoms with van der Waals surface area (Å²) in [5, 5.41) is 0. The van der Waals surface area contributed by atoms with E-state index in [2.05, 4.69) is 33.9 Å². The van der Waals surface area contributed by atoms with E-state index in [-0.39, 0.29) is 0 Å². The molecule has 1 aromatic heterocycles. The van der Waals surface area contributed by atoms with Crippen LogP contribution >= 0.6 is 0 Å². The van der Waals surface area contributed by atoms with Crippen molar-refractivity contribution in [2.75, 3.05) is 30.4 Å². The van der Waals surface area contributed by atoms with Gasteiger partial charge in [0.05, 0.1) is 0 Å². The van der Waals surface area contributed by atoms with Crippen LogP contribution in [0.4, 0.5) is 11.8 Å². The summed E-state index contributed by atoms with van der Waals surface area (Å²) < 4.78 is 0. The molecule has 0 aliphatic carbocycles. The normalized spacial score (nSPS) is 10.5. The molecule has 0 amide bonds. The molecule has 1 heterocycles. The third-order valence-corrected chi connectivity index (χ3v) is 3.43. The Balaban J connectivity index is 2.25. The van der Waals surface area contributed by atoms with Crippen molar-refractivity contribution in [2.24, 2.45) is 5.73 Å². The molecule has 0 bridgehead atoms. The van der Waals surface area contributed by atoms with E-state index < -0.39 is 0 Å². The number of aromatic nitrogens is 2. The van der Waals surface area contributed by atoms with Crippen molar-refractivity contribution < 1.29 is 0 Å². The number of hydrogen-bond donors (Lipinski definition) is 1. The first-order valence-corrected chi connectivity index (χ1v) is 7.17. The molecule has 21 heavy (non-hydrogen) atoms. The monoisotopic (exact) mass is 285 g/mol. The molecule has 0 radical (unpaired) electrons. The van der Waals surface area contributed by atoms with Crippen LogP contribution in [0.5, 0.6) is 0 Å². The number of rotatable bonds is 6. The van der Waals surface area contributed by atoms with Crippen molar-refractivity contribution in [3.05, 3.63) is 47.7 Å². The molecule has 112 valence electrons. The molecule has 0 saturated carbocycles. The van der Waals surface area contributed by atoms with E-state index in [4.69, 9.17) is 5.73 Å². The van der Waals surface area contributed by atoms with Crippen molar-refractivity contribution >= 4 is 11.8 Å². The average Bonchev–Trinajstić information content (AvgIpc) is 2.53. The molecule has 0 unspecified atom stereocenters. The molecule has 0 saturated heterocycles. The van der Waals surface area contributed by atoms with Crippen LogP contribution in [-0.4, -0.2) is 30.6 Å². The SMILES string of the molecule is CCN(Cc1ccccc1CN)c1ccnc(N(C)C)n1. The molecule has 5 heteroatoms. The van der Waals surface area contributed by atoms with Crippen molar-refractivity contribution in [2.45, 2.75) is 20.0 Å². The van der Waals surface area contributed by atoms with Gasteiger partial charge in [-0.1, -0.05) is 24.3 Å². The zero-order chi connectivity index (χ0) is 15.2. The lowest BCUT2D eigenvalue weighted by Gasteiger charge is -2.24. The van der Waals surface area contributed by atoms with Gasteiger partial charge in [0.15, 0.2) is 0 Å². The molecule has 2 N–H and O–H groups in total. The molecule has 0 aliphatic rings. The van der Waals surface area contributed by atoms with Gasteiger partial charge in [-0.15, -0.1) is 0 Å². The summed E-state index contributed by atoms with van der Waals surface area (Å²) in [5.74, 6) is 1.65. The quantitative estimate of drug-likeness (QED) is 0.880. The Morgan fingerprint density at radius 3 is 2.43 bits per heavy atom. The van der Waals surface area contributed by atoms with Crippen LogP contribution in [0.15, 0.2) is 36.5 Å². The van der Waals surface area contributed by atoms with Gasteiger partial charge in [-0.25, -0.2) is 4.98 Å². The molecule has 0 aliphatic heterocycles. The second-order valence-corrected chi connectivity index (χ2v) is 5.10. The zero-order valence-electron chi connectivity index (χ0n) is 13.0. The Morgan fingerprint density at radius 2 is 1.81 bits per heavy atom. The molecule has 0 fully saturated rings. The molecule has 5 nitrogen and oxygen atoms in total. The predicted octanol–water partition coefficient (Wildman–Crippen LogP) is 2.03. The average molecular weight is 285 g/mol. The number of nitrogens with two attached hydrogens (primary N) is 1. The van der Waals surface area contributed by atoms with Crippen LogP contribution in [-0.2, 0) is 13.1 Å². The zero-order valence-corrected chi connectivity index (χ0v) is 13.0. The van der Waals surface area contributed by atoms with Gasteiger partial charge in [0, 0.05) is 39.9 Å². The van der Waals surface area contributed by atoms with Crippen LogP contribution < -0.4 is 15.5 Å². The van der Waals surface area contributed by atoms with E-state index in [0.29, 0.717) is 6.54 Å². The van der Waals surface area contributed by atoms with Gasteiger partial charge in [-0.2, -0.15) is 4.98 Å². The minimum Gasteiger partial charge on any atom is -0.352 e. The summed E-state index contributed by atoms with van der Waals surface area (Å²) in [6.07, 6.45) is 1.80. The molecular weight excluding hydrogens is 262 g/mol. The van der Waals surface area contributed by atoms with Crippen LogP contribution in [0.3, 0.4) is 0 Å². The maximum Gasteiger partial charge on any atom is 0.226 e. The van der Waals surface area contributed by atoms with Gasteiger partial charge >= 0.3 is 0 Å². The summed E-state index contributed by atoms with van der Waals surface area (Å²) in [5.41, 5.74) is 8.24. The fourth-order valence-corrected chi connectivity index (χ4v) is 2.20. The summed E-state index contributed by atoms with van der Waals surface area (Å²) in [4.78, 5) is 13.0. The van der Waals surface area contributed by atoms with Gasteiger partial charge in [0.1, 0.15) is 5.82 Å². The van der Waals surface area contributed by atoms with Crippen LogP contribution in [0.2, 0.25) is 0 Å². The summed E-state index contributed by atoms with van der Waals surface area (Å²) >= 11 is 0.